The second kappa shape index (κ2) is 11.3. The van der Waals surface area contributed by atoms with E-state index in [1.54, 1.807) is 47.7 Å². The standard InChI is InChI=1S/C29H39N5O4/c1-10-14-19(15-11-2)21-18-30-24(23(31-21)25-32-20-16-12-13-17-22(20)33(25)9)34(26(35)37-28(3,4)5)27(36)38-29(6,7)8/h12-14,16-18H,10-11,15H2,1-9H3/b19-14+. The number of anilines is 1. The Morgan fingerprint density at radius 3 is 2.11 bits per heavy atom. The maximum absolute atomic E-state index is 13.4. The Balaban J connectivity index is 2.32. The SMILES string of the molecule is CC/C=C(\CCC)c1cnc(N(C(=O)OC(C)(C)C)C(=O)OC(C)(C)C)c(-c2nc3ccccc3n2C)n1. The number of hydrogen-bond donors (Lipinski definition) is 0. The minimum absolute atomic E-state index is 0.0111. The summed E-state index contributed by atoms with van der Waals surface area (Å²) in [5, 5.41) is 0. The predicted octanol–water partition coefficient (Wildman–Crippen LogP) is 7.30. The molecule has 2 aromatic heterocycles. The molecule has 0 N–H and O–H groups in total. The van der Waals surface area contributed by atoms with Gasteiger partial charge < -0.3 is 14.0 Å². The third-order valence-corrected chi connectivity index (χ3v) is 5.41. The molecule has 0 unspecified atom stereocenters. The van der Waals surface area contributed by atoms with Gasteiger partial charge in [0.25, 0.3) is 0 Å². The van der Waals surface area contributed by atoms with Gasteiger partial charge in [-0.15, -0.1) is 0 Å². The number of ether oxygens (including phenoxy) is 2. The molecule has 0 aliphatic rings. The molecule has 3 aromatic rings. The van der Waals surface area contributed by atoms with Gasteiger partial charge in [-0.05, 0) is 72.1 Å². The third-order valence-electron chi connectivity index (χ3n) is 5.41. The Kier molecular flexibility index (Phi) is 8.59. The minimum Gasteiger partial charge on any atom is -0.443 e. The summed E-state index contributed by atoms with van der Waals surface area (Å²) >= 11 is 0. The third kappa shape index (κ3) is 6.76. The van der Waals surface area contributed by atoms with Crippen molar-refractivity contribution in [2.45, 2.75) is 85.9 Å². The van der Waals surface area contributed by atoms with Gasteiger partial charge in [-0.3, -0.25) is 0 Å². The van der Waals surface area contributed by atoms with Crippen LogP contribution >= 0.6 is 0 Å². The fourth-order valence-electron chi connectivity index (χ4n) is 3.92. The number of benzene rings is 1. The Labute approximate surface area is 224 Å². The summed E-state index contributed by atoms with van der Waals surface area (Å²) in [5.41, 5.74) is 1.88. The van der Waals surface area contributed by atoms with Crippen LogP contribution in [0.25, 0.3) is 28.1 Å². The fraction of sp³-hybridized carbons (Fsp3) is 0.483. The van der Waals surface area contributed by atoms with Crippen LogP contribution in [0.1, 0.15) is 80.3 Å². The summed E-state index contributed by atoms with van der Waals surface area (Å²) in [7, 11) is 1.86. The van der Waals surface area contributed by atoms with E-state index in [4.69, 9.17) is 19.4 Å². The van der Waals surface area contributed by atoms with Crippen LogP contribution in [0.5, 0.6) is 0 Å². The maximum Gasteiger partial charge on any atom is 0.425 e. The largest absolute Gasteiger partial charge is 0.443 e. The van der Waals surface area contributed by atoms with Gasteiger partial charge in [-0.1, -0.05) is 38.5 Å². The number of allylic oxidation sites excluding steroid dienone is 2. The molecule has 1 aromatic carbocycles. The molecule has 0 saturated carbocycles. The first-order valence-electron chi connectivity index (χ1n) is 13.0. The van der Waals surface area contributed by atoms with Gasteiger partial charge in [0, 0.05) is 7.05 Å². The molecule has 2 heterocycles. The average molecular weight is 522 g/mol. The summed E-state index contributed by atoms with van der Waals surface area (Å²) in [6.07, 6.45) is 4.46. The van der Waals surface area contributed by atoms with Crippen molar-refractivity contribution in [1.29, 1.82) is 0 Å². The zero-order chi connectivity index (χ0) is 28.3. The van der Waals surface area contributed by atoms with Crippen molar-refractivity contribution in [3.8, 4) is 11.5 Å². The van der Waals surface area contributed by atoms with E-state index in [2.05, 4.69) is 24.9 Å². The van der Waals surface area contributed by atoms with E-state index in [0.717, 1.165) is 40.8 Å². The number of aryl methyl sites for hydroxylation is 1. The lowest BCUT2D eigenvalue weighted by molar-refractivity contribution is 0.0429. The van der Waals surface area contributed by atoms with Crippen LogP contribution in [0.4, 0.5) is 15.4 Å². The minimum atomic E-state index is -0.910. The Bertz CT molecular complexity index is 1320. The molecule has 3 rings (SSSR count). The second-order valence-corrected chi connectivity index (χ2v) is 11.1. The first-order valence-corrected chi connectivity index (χ1v) is 13.0. The topological polar surface area (TPSA) is 99.4 Å². The molecule has 0 saturated heterocycles. The zero-order valence-corrected chi connectivity index (χ0v) is 24.0. The fourth-order valence-corrected chi connectivity index (χ4v) is 3.92. The van der Waals surface area contributed by atoms with Crippen LogP contribution in [-0.2, 0) is 16.5 Å². The normalized spacial score (nSPS) is 12.5. The summed E-state index contributed by atoms with van der Waals surface area (Å²) in [5.74, 6) is 0.447. The van der Waals surface area contributed by atoms with E-state index in [1.807, 2.05) is 35.9 Å². The molecular weight excluding hydrogens is 482 g/mol. The number of nitrogens with zero attached hydrogens (tertiary/aromatic N) is 5. The predicted molar refractivity (Wildman–Crippen MR) is 150 cm³/mol. The van der Waals surface area contributed by atoms with Gasteiger partial charge in [0.1, 0.15) is 11.2 Å². The number of imidazole rings is 1. The smallest absolute Gasteiger partial charge is 0.425 e. The van der Waals surface area contributed by atoms with Gasteiger partial charge in [0.05, 0.1) is 22.9 Å². The van der Waals surface area contributed by atoms with Crippen LogP contribution in [-0.4, -0.2) is 42.9 Å². The number of aromatic nitrogens is 4. The van der Waals surface area contributed by atoms with E-state index in [9.17, 15) is 9.59 Å². The van der Waals surface area contributed by atoms with Gasteiger partial charge >= 0.3 is 12.2 Å². The van der Waals surface area contributed by atoms with Crippen LogP contribution in [0.2, 0.25) is 0 Å². The van der Waals surface area contributed by atoms with E-state index < -0.39 is 23.4 Å². The van der Waals surface area contributed by atoms with Crippen molar-refractivity contribution >= 4 is 34.6 Å². The highest BCUT2D eigenvalue weighted by Crippen LogP contribution is 2.33. The molecule has 0 atom stereocenters. The quantitative estimate of drug-likeness (QED) is 0.335. The van der Waals surface area contributed by atoms with Crippen molar-refractivity contribution in [2.75, 3.05) is 4.90 Å². The van der Waals surface area contributed by atoms with Gasteiger partial charge in [-0.2, -0.15) is 4.90 Å². The number of imide groups is 1. The monoisotopic (exact) mass is 521 g/mol. The van der Waals surface area contributed by atoms with Crippen molar-refractivity contribution < 1.29 is 19.1 Å². The highest BCUT2D eigenvalue weighted by molar-refractivity contribution is 6.10. The molecule has 9 heteroatoms. The molecule has 0 radical (unpaired) electrons. The molecule has 0 bridgehead atoms. The summed E-state index contributed by atoms with van der Waals surface area (Å²) < 4.78 is 13.1. The van der Waals surface area contributed by atoms with Crippen molar-refractivity contribution in [2.24, 2.45) is 7.05 Å². The number of carbonyl (C=O) groups is 2. The molecule has 0 aliphatic carbocycles. The molecule has 38 heavy (non-hydrogen) atoms. The van der Waals surface area contributed by atoms with Crippen molar-refractivity contribution in [3.05, 3.63) is 42.2 Å². The molecule has 0 aliphatic heterocycles. The van der Waals surface area contributed by atoms with E-state index in [1.165, 1.54) is 0 Å². The molecule has 0 fully saturated rings. The van der Waals surface area contributed by atoms with Crippen LogP contribution in [0.3, 0.4) is 0 Å². The first-order chi connectivity index (χ1) is 17.8. The Morgan fingerprint density at radius 2 is 1.58 bits per heavy atom. The summed E-state index contributed by atoms with van der Waals surface area (Å²) in [6.45, 7) is 14.5. The number of fused-ring (bicyclic) bond motifs is 1. The Morgan fingerprint density at radius 1 is 0.974 bits per heavy atom. The zero-order valence-electron chi connectivity index (χ0n) is 24.0. The number of para-hydroxylation sites is 2. The lowest BCUT2D eigenvalue weighted by Gasteiger charge is -2.28. The van der Waals surface area contributed by atoms with Crippen molar-refractivity contribution in [1.82, 2.24) is 19.5 Å². The van der Waals surface area contributed by atoms with Gasteiger partial charge in [0.2, 0.25) is 0 Å². The van der Waals surface area contributed by atoms with Crippen LogP contribution < -0.4 is 4.90 Å². The van der Waals surface area contributed by atoms with Crippen LogP contribution in [0, 0.1) is 0 Å². The van der Waals surface area contributed by atoms with Crippen molar-refractivity contribution in [3.63, 3.8) is 0 Å². The Hall–Kier alpha value is -3.75. The maximum atomic E-state index is 13.4. The number of rotatable bonds is 6. The summed E-state index contributed by atoms with van der Waals surface area (Å²) in [4.78, 5) is 42.1. The highest BCUT2D eigenvalue weighted by Gasteiger charge is 2.37. The molecule has 2 amide bonds. The van der Waals surface area contributed by atoms with E-state index in [0.29, 0.717) is 11.5 Å². The molecule has 9 nitrogen and oxygen atoms in total. The molecule has 0 spiro atoms. The van der Waals surface area contributed by atoms with Gasteiger partial charge in [0.15, 0.2) is 17.3 Å². The summed E-state index contributed by atoms with van der Waals surface area (Å²) in [6, 6.07) is 7.67. The number of carbonyl (C=O) groups excluding carboxylic acids is 2. The lowest BCUT2D eigenvalue weighted by atomic mass is 10.1. The highest BCUT2D eigenvalue weighted by atomic mass is 16.6. The average Bonchev–Trinajstić information content (AvgIpc) is 3.13. The second-order valence-electron chi connectivity index (χ2n) is 11.1. The van der Waals surface area contributed by atoms with Crippen LogP contribution in [0.15, 0.2) is 36.5 Å². The van der Waals surface area contributed by atoms with E-state index in [-0.39, 0.29) is 11.5 Å². The number of amides is 2. The molecule has 204 valence electrons. The van der Waals surface area contributed by atoms with Gasteiger partial charge in [-0.25, -0.2) is 24.5 Å². The first kappa shape index (κ1) is 28.8. The lowest BCUT2D eigenvalue weighted by Crippen LogP contribution is -2.44. The van der Waals surface area contributed by atoms with E-state index >= 15 is 0 Å². The molecular formula is C29H39N5O4. The number of hydrogen-bond acceptors (Lipinski definition) is 7.